The summed E-state index contributed by atoms with van der Waals surface area (Å²) in [6.07, 6.45) is 1.51. The number of thioether (sulfide) groups is 1. The molecule has 3 aromatic carbocycles. The van der Waals surface area contributed by atoms with Crippen LogP contribution in [-0.2, 0) is 20.9 Å². The Bertz CT molecular complexity index is 1550. The van der Waals surface area contributed by atoms with Gasteiger partial charge in [-0.05, 0) is 66.7 Å². The molecule has 212 valence electrons. The minimum absolute atomic E-state index is 0.00688. The average molecular weight is 599 g/mol. The first-order chi connectivity index (χ1) is 19.7. The standard InChI is InChI=1S/C29H24ClFN2O7S/c1-3-39-24-12-17(8-11-23(24)40-16-18-6-4-5-7-22(18)31)13-25-27(35)33(29(37)41-25)15-26(34)32-19-9-10-21(30)20(14-19)28(36)38-2/h4-14H,3,15-16H2,1-2H3,(H,32,34)/b25-13+. The molecule has 9 nitrogen and oxygen atoms in total. The molecule has 1 aliphatic rings. The van der Waals surface area contributed by atoms with Crippen molar-refractivity contribution in [2.75, 3.05) is 25.6 Å². The van der Waals surface area contributed by atoms with Gasteiger partial charge in [0.25, 0.3) is 11.1 Å². The molecule has 0 aliphatic carbocycles. The van der Waals surface area contributed by atoms with Crippen LogP contribution < -0.4 is 14.8 Å². The highest BCUT2D eigenvalue weighted by atomic mass is 35.5. The molecule has 41 heavy (non-hydrogen) atoms. The zero-order valence-corrected chi connectivity index (χ0v) is 23.5. The lowest BCUT2D eigenvalue weighted by Crippen LogP contribution is -2.36. The summed E-state index contributed by atoms with van der Waals surface area (Å²) in [5.74, 6) is -1.59. The van der Waals surface area contributed by atoms with Crippen LogP contribution in [0.3, 0.4) is 0 Å². The zero-order valence-electron chi connectivity index (χ0n) is 21.9. The van der Waals surface area contributed by atoms with Crippen LogP contribution in [0.1, 0.15) is 28.4 Å². The molecule has 0 bridgehead atoms. The van der Waals surface area contributed by atoms with Crippen molar-refractivity contribution in [2.24, 2.45) is 0 Å². The number of esters is 1. The molecule has 3 aromatic rings. The SMILES string of the molecule is CCOc1cc(/C=C2/SC(=O)N(CC(=O)Nc3ccc(Cl)c(C(=O)OC)c3)C2=O)ccc1OCc1ccccc1F. The van der Waals surface area contributed by atoms with Crippen LogP contribution in [0, 0.1) is 5.82 Å². The molecule has 1 aliphatic heterocycles. The van der Waals surface area contributed by atoms with Gasteiger partial charge in [0.05, 0.1) is 29.2 Å². The fraction of sp³-hybridized carbons (Fsp3) is 0.172. The van der Waals surface area contributed by atoms with Gasteiger partial charge in [-0.2, -0.15) is 0 Å². The lowest BCUT2D eigenvalue weighted by molar-refractivity contribution is -0.127. The maximum absolute atomic E-state index is 14.0. The molecule has 0 saturated carbocycles. The molecule has 1 saturated heterocycles. The number of hydrogen-bond donors (Lipinski definition) is 1. The fourth-order valence-corrected chi connectivity index (χ4v) is 4.81. The smallest absolute Gasteiger partial charge is 0.339 e. The maximum atomic E-state index is 14.0. The molecule has 3 amide bonds. The van der Waals surface area contributed by atoms with Crippen molar-refractivity contribution in [3.63, 3.8) is 0 Å². The Balaban J connectivity index is 1.44. The van der Waals surface area contributed by atoms with E-state index in [4.69, 9.17) is 21.1 Å². The Morgan fingerprint density at radius 1 is 1.05 bits per heavy atom. The summed E-state index contributed by atoms with van der Waals surface area (Å²) in [4.78, 5) is 50.9. The minimum atomic E-state index is -0.681. The summed E-state index contributed by atoms with van der Waals surface area (Å²) in [7, 11) is 1.20. The largest absolute Gasteiger partial charge is 0.490 e. The van der Waals surface area contributed by atoms with Gasteiger partial charge in [-0.3, -0.25) is 19.3 Å². The van der Waals surface area contributed by atoms with Crippen LogP contribution in [0.5, 0.6) is 11.5 Å². The number of anilines is 1. The number of halogens is 2. The summed E-state index contributed by atoms with van der Waals surface area (Å²) in [6.45, 7) is 1.59. The normalized spacial score (nSPS) is 13.9. The van der Waals surface area contributed by atoms with Gasteiger partial charge in [-0.15, -0.1) is 0 Å². The highest BCUT2D eigenvalue weighted by molar-refractivity contribution is 8.18. The van der Waals surface area contributed by atoms with E-state index in [1.54, 1.807) is 43.3 Å². The van der Waals surface area contributed by atoms with E-state index < -0.39 is 29.6 Å². The molecule has 1 N–H and O–H groups in total. The van der Waals surface area contributed by atoms with Crippen molar-refractivity contribution in [1.29, 1.82) is 0 Å². The van der Waals surface area contributed by atoms with Crippen LogP contribution >= 0.6 is 23.4 Å². The number of carbonyl (C=O) groups is 4. The van der Waals surface area contributed by atoms with Crippen LogP contribution in [0.15, 0.2) is 65.6 Å². The predicted octanol–water partition coefficient (Wildman–Crippen LogP) is 5.92. The second-order valence-electron chi connectivity index (χ2n) is 8.52. The number of imide groups is 1. The number of carbonyl (C=O) groups excluding carboxylic acids is 4. The molecule has 12 heteroatoms. The Hall–Kier alpha value is -4.35. The van der Waals surface area contributed by atoms with Crippen LogP contribution in [0.2, 0.25) is 5.02 Å². The van der Waals surface area contributed by atoms with Crippen LogP contribution in [-0.4, -0.2) is 48.2 Å². The number of hydrogen-bond acceptors (Lipinski definition) is 8. The molecule has 4 rings (SSSR count). The van der Waals surface area contributed by atoms with E-state index >= 15 is 0 Å². The minimum Gasteiger partial charge on any atom is -0.490 e. The Kier molecular flexibility index (Phi) is 9.64. The molecule has 0 atom stereocenters. The molecule has 0 radical (unpaired) electrons. The number of nitrogens with one attached hydrogen (secondary N) is 1. The van der Waals surface area contributed by atoms with Gasteiger partial charge < -0.3 is 19.5 Å². The number of amides is 3. The van der Waals surface area contributed by atoms with E-state index in [-0.39, 0.29) is 33.6 Å². The summed E-state index contributed by atoms with van der Waals surface area (Å²) < 4.78 is 30.1. The Morgan fingerprint density at radius 3 is 2.56 bits per heavy atom. The highest BCUT2D eigenvalue weighted by Gasteiger charge is 2.36. The number of methoxy groups -OCH3 is 1. The summed E-state index contributed by atoms with van der Waals surface area (Å²) >= 11 is 6.69. The third-order valence-electron chi connectivity index (χ3n) is 5.74. The quantitative estimate of drug-likeness (QED) is 0.226. The number of benzene rings is 3. The Morgan fingerprint density at radius 2 is 1.83 bits per heavy atom. The first kappa shape index (κ1) is 29.6. The van der Waals surface area contributed by atoms with E-state index in [2.05, 4.69) is 10.1 Å². The van der Waals surface area contributed by atoms with Gasteiger partial charge in [0.15, 0.2) is 11.5 Å². The van der Waals surface area contributed by atoms with E-state index in [0.717, 1.165) is 4.90 Å². The van der Waals surface area contributed by atoms with E-state index in [0.29, 0.717) is 41.0 Å². The first-order valence-corrected chi connectivity index (χ1v) is 13.5. The average Bonchev–Trinajstić information content (AvgIpc) is 3.21. The number of ether oxygens (including phenoxy) is 3. The van der Waals surface area contributed by atoms with Gasteiger partial charge in [-0.1, -0.05) is 35.9 Å². The molecular formula is C29H24ClFN2O7S. The van der Waals surface area contributed by atoms with Crippen molar-refractivity contribution < 1.29 is 37.8 Å². The summed E-state index contributed by atoms with van der Waals surface area (Å²) in [6, 6.07) is 15.4. The lowest BCUT2D eigenvalue weighted by atomic mass is 10.1. The second kappa shape index (κ2) is 13.3. The van der Waals surface area contributed by atoms with Crippen LogP contribution in [0.4, 0.5) is 14.9 Å². The Labute approximate surface area is 244 Å². The van der Waals surface area contributed by atoms with E-state index in [1.807, 2.05) is 0 Å². The van der Waals surface area contributed by atoms with Gasteiger partial charge >= 0.3 is 5.97 Å². The first-order valence-electron chi connectivity index (χ1n) is 12.3. The molecule has 1 heterocycles. The number of rotatable bonds is 10. The third-order valence-corrected chi connectivity index (χ3v) is 6.97. The third kappa shape index (κ3) is 7.24. The van der Waals surface area contributed by atoms with E-state index in [9.17, 15) is 23.6 Å². The fourth-order valence-electron chi connectivity index (χ4n) is 3.77. The predicted molar refractivity (Wildman–Crippen MR) is 152 cm³/mol. The zero-order chi connectivity index (χ0) is 29.5. The van der Waals surface area contributed by atoms with Gasteiger partial charge in [-0.25, -0.2) is 9.18 Å². The molecular weight excluding hydrogens is 575 g/mol. The second-order valence-corrected chi connectivity index (χ2v) is 9.92. The monoisotopic (exact) mass is 598 g/mol. The molecule has 1 fully saturated rings. The van der Waals surface area contributed by atoms with Crippen molar-refractivity contribution in [1.82, 2.24) is 4.90 Å². The van der Waals surface area contributed by atoms with Crippen LogP contribution in [0.25, 0.3) is 6.08 Å². The van der Waals surface area contributed by atoms with Crippen molar-refractivity contribution >= 4 is 58.1 Å². The lowest BCUT2D eigenvalue weighted by Gasteiger charge is -2.14. The number of nitrogens with zero attached hydrogens (tertiary/aromatic N) is 1. The van der Waals surface area contributed by atoms with Crippen molar-refractivity contribution in [3.05, 3.63) is 93.1 Å². The topological polar surface area (TPSA) is 111 Å². The van der Waals surface area contributed by atoms with Crippen molar-refractivity contribution in [2.45, 2.75) is 13.5 Å². The molecule has 0 spiro atoms. The van der Waals surface area contributed by atoms with E-state index in [1.165, 1.54) is 37.5 Å². The van der Waals surface area contributed by atoms with Gasteiger partial charge in [0.2, 0.25) is 5.91 Å². The van der Waals surface area contributed by atoms with Crippen molar-refractivity contribution in [3.8, 4) is 11.5 Å². The summed E-state index contributed by atoms with van der Waals surface area (Å²) in [5, 5.41) is 2.07. The summed E-state index contributed by atoms with van der Waals surface area (Å²) in [5.41, 5.74) is 1.23. The maximum Gasteiger partial charge on any atom is 0.339 e. The highest BCUT2D eigenvalue weighted by Crippen LogP contribution is 2.35. The van der Waals surface area contributed by atoms with Gasteiger partial charge in [0, 0.05) is 11.3 Å². The molecule has 0 unspecified atom stereocenters. The molecule has 0 aromatic heterocycles. The van der Waals surface area contributed by atoms with Gasteiger partial charge in [0.1, 0.15) is 19.0 Å².